The van der Waals surface area contributed by atoms with Gasteiger partial charge < -0.3 is 10.2 Å². The highest BCUT2D eigenvalue weighted by Crippen LogP contribution is 2.29. The maximum Gasteiger partial charge on any atom is 0.236 e. The Bertz CT molecular complexity index is 266. The molecule has 1 N–H and O–H groups in total. The molecule has 3 nitrogen and oxygen atoms in total. The van der Waals surface area contributed by atoms with Crippen LogP contribution < -0.4 is 5.32 Å². The Kier molecular flexibility index (Phi) is 4.74. The van der Waals surface area contributed by atoms with Crippen LogP contribution in [0.2, 0.25) is 0 Å². The number of piperazine rings is 1. The van der Waals surface area contributed by atoms with Gasteiger partial charge in [-0.2, -0.15) is 0 Å². The minimum atomic E-state index is 0.250. The number of thioether (sulfide) groups is 1. The van der Waals surface area contributed by atoms with E-state index in [1.165, 1.54) is 6.42 Å². The van der Waals surface area contributed by atoms with Crippen LogP contribution in [0.25, 0.3) is 0 Å². The van der Waals surface area contributed by atoms with E-state index in [-0.39, 0.29) is 5.25 Å². The third kappa shape index (κ3) is 2.97. The molecule has 4 heteroatoms. The van der Waals surface area contributed by atoms with Gasteiger partial charge in [-0.1, -0.05) is 13.8 Å². The van der Waals surface area contributed by atoms with Gasteiger partial charge in [-0.3, -0.25) is 4.79 Å². The summed E-state index contributed by atoms with van der Waals surface area (Å²) in [5.74, 6) is 1.57. The zero-order chi connectivity index (χ0) is 12.3. The van der Waals surface area contributed by atoms with Gasteiger partial charge in [0.2, 0.25) is 5.91 Å². The fourth-order valence-electron chi connectivity index (χ4n) is 2.73. The quantitative estimate of drug-likeness (QED) is 0.836. The Morgan fingerprint density at radius 1 is 1.41 bits per heavy atom. The summed E-state index contributed by atoms with van der Waals surface area (Å²) >= 11 is 1.85. The molecule has 3 unspecified atom stereocenters. The third-order valence-electron chi connectivity index (χ3n) is 3.95. The fourth-order valence-corrected chi connectivity index (χ4v) is 3.96. The summed E-state index contributed by atoms with van der Waals surface area (Å²) in [7, 11) is 0. The lowest BCUT2D eigenvalue weighted by Gasteiger charge is -2.41. The third-order valence-corrected chi connectivity index (χ3v) is 5.32. The van der Waals surface area contributed by atoms with Crippen LogP contribution in [0.15, 0.2) is 0 Å². The van der Waals surface area contributed by atoms with Crippen LogP contribution in [-0.4, -0.2) is 47.0 Å². The number of hydrogen-bond acceptors (Lipinski definition) is 3. The smallest absolute Gasteiger partial charge is 0.236 e. The molecule has 0 radical (unpaired) electrons. The van der Waals surface area contributed by atoms with Crippen molar-refractivity contribution in [3.8, 4) is 0 Å². The predicted octanol–water partition coefficient (Wildman–Crippen LogP) is 1.87. The van der Waals surface area contributed by atoms with E-state index in [0.29, 0.717) is 18.0 Å². The number of rotatable bonds is 3. The minimum Gasteiger partial charge on any atom is -0.336 e. The molecule has 2 saturated heterocycles. The van der Waals surface area contributed by atoms with Crippen molar-refractivity contribution < 1.29 is 4.79 Å². The molecule has 0 aromatic rings. The van der Waals surface area contributed by atoms with Crippen molar-refractivity contribution in [3.63, 3.8) is 0 Å². The summed E-state index contributed by atoms with van der Waals surface area (Å²) in [6.07, 6.45) is 4.46. The van der Waals surface area contributed by atoms with Crippen LogP contribution in [0.3, 0.4) is 0 Å². The van der Waals surface area contributed by atoms with Gasteiger partial charge in [0.15, 0.2) is 0 Å². The Balaban J connectivity index is 2.00. The number of nitrogens with one attached hydrogen (secondary N) is 1. The molecule has 0 aromatic carbocycles. The second-order valence-corrected chi connectivity index (χ2v) is 6.38. The fraction of sp³-hybridized carbons (Fsp3) is 0.923. The van der Waals surface area contributed by atoms with E-state index in [1.54, 1.807) is 0 Å². The SMILES string of the molecule is CCC1CN(C(=O)C2CCCS2)C(CC)CN1. The lowest BCUT2D eigenvalue weighted by atomic mass is 10.0. The van der Waals surface area contributed by atoms with Crippen molar-refractivity contribution in [2.45, 2.75) is 56.9 Å². The van der Waals surface area contributed by atoms with Crippen LogP contribution in [0.5, 0.6) is 0 Å². The summed E-state index contributed by atoms with van der Waals surface area (Å²) in [6.45, 7) is 6.25. The average Bonchev–Trinajstić information content (AvgIpc) is 2.91. The van der Waals surface area contributed by atoms with E-state index in [4.69, 9.17) is 0 Å². The van der Waals surface area contributed by atoms with Gasteiger partial charge >= 0.3 is 0 Å². The average molecular weight is 256 g/mol. The Labute approximate surface area is 109 Å². The number of carbonyl (C=O) groups excluding carboxylic acids is 1. The molecule has 17 heavy (non-hydrogen) atoms. The van der Waals surface area contributed by atoms with Gasteiger partial charge in [0.1, 0.15) is 0 Å². The van der Waals surface area contributed by atoms with E-state index < -0.39 is 0 Å². The molecule has 0 aromatic heterocycles. The summed E-state index contributed by atoms with van der Waals surface area (Å²) < 4.78 is 0. The summed E-state index contributed by atoms with van der Waals surface area (Å²) in [5.41, 5.74) is 0. The normalized spacial score (nSPS) is 34.0. The van der Waals surface area contributed by atoms with Gasteiger partial charge in [-0.05, 0) is 31.4 Å². The molecule has 2 heterocycles. The largest absolute Gasteiger partial charge is 0.336 e. The molecule has 1 amide bonds. The zero-order valence-corrected chi connectivity index (χ0v) is 11.8. The first-order valence-corrected chi connectivity index (χ1v) is 7.96. The van der Waals surface area contributed by atoms with E-state index in [9.17, 15) is 4.79 Å². The highest BCUT2D eigenvalue weighted by Gasteiger charge is 2.34. The second kappa shape index (κ2) is 6.10. The first-order valence-electron chi connectivity index (χ1n) is 6.91. The molecular weight excluding hydrogens is 232 g/mol. The molecule has 0 saturated carbocycles. The summed E-state index contributed by atoms with van der Waals surface area (Å²) in [5, 5.41) is 3.79. The van der Waals surface area contributed by atoms with Crippen molar-refractivity contribution in [2.75, 3.05) is 18.8 Å². The first-order chi connectivity index (χ1) is 8.26. The van der Waals surface area contributed by atoms with Crippen molar-refractivity contribution >= 4 is 17.7 Å². The standard InChI is InChI=1S/C13H24N2OS/c1-3-10-9-15(11(4-2)8-14-10)13(16)12-6-5-7-17-12/h10-12,14H,3-9H2,1-2H3. The molecule has 2 aliphatic heterocycles. The zero-order valence-electron chi connectivity index (χ0n) is 10.9. The van der Waals surface area contributed by atoms with Gasteiger partial charge in [-0.15, -0.1) is 11.8 Å². The maximum absolute atomic E-state index is 12.5. The lowest BCUT2D eigenvalue weighted by molar-refractivity contribution is -0.134. The number of carbonyl (C=O) groups is 1. The van der Waals surface area contributed by atoms with Crippen LogP contribution in [0.4, 0.5) is 0 Å². The topological polar surface area (TPSA) is 32.3 Å². The van der Waals surface area contributed by atoms with Crippen LogP contribution in [-0.2, 0) is 4.79 Å². The highest BCUT2D eigenvalue weighted by molar-refractivity contribution is 8.00. The maximum atomic E-state index is 12.5. The molecule has 3 atom stereocenters. The van der Waals surface area contributed by atoms with Gasteiger partial charge in [0.25, 0.3) is 0 Å². The van der Waals surface area contributed by atoms with E-state index >= 15 is 0 Å². The molecular formula is C13H24N2OS. The molecule has 0 spiro atoms. The first kappa shape index (κ1) is 13.2. The Morgan fingerprint density at radius 2 is 2.24 bits per heavy atom. The van der Waals surface area contributed by atoms with Crippen molar-refractivity contribution in [3.05, 3.63) is 0 Å². The number of nitrogens with zero attached hydrogens (tertiary/aromatic N) is 1. The second-order valence-electron chi connectivity index (χ2n) is 5.07. The van der Waals surface area contributed by atoms with E-state index in [0.717, 1.165) is 38.1 Å². The molecule has 2 fully saturated rings. The molecule has 2 rings (SSSR count). The van der Waals surface area contributed by atoms with Crippen LogP contribution in [0, 0.1) is 0 Å². The molecule has 0 bridgehead atoms. The lowest BCUT2D eigenvalue weighted by Crippen LogP contribution is -2.59. The van der Waals surface area contributed by atoms with Crippen molar-refractivity contribution in [1.29, 1.82) is 0 Å². The Hall–Kier alpha value is -0.220. The van der Waals surface area contributed by atoms with E-state index in [1.807, 2.05) is 11.8 Å². The van der Waals surface area contributed by atoms with Gasteiger partial charge in [0, 0.05) is 25.2 Å². The summed E-state index contributed by atoms with van der Waals surface area (Å²) in [4.78, 5) is 14.7. The molecule has 98 valence electrons. The monoisotopic (exact) mass is 256 g/mol. The molecule has 2 aliphatic rings. The van der Waals surface area contributed by atoms with Gasteiger partial charge in [-0.25, -0.2) is 0 Å². The van der Waals surface area contributed by atoms with Crippen LogP contribution in [0.1, 0.15) is 39.5 Å². The highest BCUT2D eigenvalue weighted by atomic mass is 32.2. The predicted molar refractivity (Wildman–Crippen MR) is 73.4 cm³/mol. The summed E-state index contributed by atoms with van der Waals surface area (Å²) in [6, 6.07) is 0.902. The minimum absolute atomic E-state index is 0.250. The number of hydrogen-bond donors (Lipinski definition) is 1. The van der Waals surface area contributed by atoms with Crippen molar-refractivity contribution in [2.24, 2.45) is 0 Å². The van der Waals surface area contributed by atoms with Crippen molar-refractivity contribution in [1.82, 2.24) is 10.2 Å². The van der Waals surface area contributed by atoms with E-state index in [2.05, 4.69) is 24.1 Å². The van der Waals surface area contributed by atoms with Gasteiger partial charge in [0.05, 0.1) is 5.25 Å². The number of amides is 1. The Morgan fingerprint density at radius 3 is 2.82 bits per heavy atom. The van der Waals surface area contributed by atoms with Crippen LogP contribution >= 0.6 is 11.8 Å². The molecule has 0 aliphatic carbocycles.